The van der Waals surface area contributed by atoms with Gasteiger partial charge in [-0.15, -0.1) is 0 Å². The smallest absolute Gasteiger partial charge is 0.167 e. The van der Waals surface area contributed by atoms with Crippen molar-refractivity contribution in [2.45, 2.75) is 62.6 Å². The highest BCUT2D eigenvalue weighted by Gasteiger charge is 2.57. The summed E-state index contributed by atoms with van der Waals surface area (Å²) in [4.78, 5) is 19.1. The molecule has 2 aromatic carbocycles. The highest BCUT2D eigenvalue weighted by molar-refractivity contribution is 6.04. The monoisotopic (exact) mass is 540 g/mol. The first-order chi connectivity index (χ1) is 18.8. The molecule has 0 bridgehead atoms. The third-order valence-corrected chi connectivity index (χ3v) is 8.52. The molecule has 2 aliphatic rings. The molecule has 0 aliphatic heterocycles. The molecule has 212 valence electrons. The number of likely N-dealkylation sites (N-methyl/N-ethyl adjacent to an activating group) is 2. The van der Waals surface area contributed by atoms with Crippen LogP contribution >= 0.6 is 0 Å². The first-order valence-electron chi connectivity index (χ1n) is 14.1. The molecule has 0 heterocycles. The molecular weight excluding hydrogens is 496 g/mol. The number of hydrogen-bond donors (Lipinski definition) is 2. The van der Waals surface area contributed by atoms with Crippen molar-refractivity contribution in [3.05, 3.63) is 119 Å². The van der Waals surface area contributed by atoms with E-state index in [0.717, 1.165) is 22.5 Å². The standard InChI is InChI=1S/C35H44N2O3/c1-23(2)25-9-13-27(14-10-25)34(19-17-29(36(5)6)21-31(34)38)33(40)35(20-18-30(37(7)8)22-32(35)39)28-15-11-26(12-16-28)24(3)4/h9-24,31-32,38-39H,1-8H3. The number of nitrogens with zero attached hydrogens (tertiary/aromatic N) is 2. The predicted octanol–water partition coefficient (Wildman–Crippen LogP) is 5.43. The van der Waals surface area contributed by atoms with Crippen LogP contribution in [0.25, 0.3) is 0 Å². The molecule has 0 radical (unpaired) electrons. The maximum absolute atomic E-state index is 15.3. The molecule has 2 aromatic rings. The zero-order chi connectivity index (χ0) is 29.4. The van der Waals surface area contributed by atoms with E-state index in [1.54, 1.807) is 12.2 Å². The Labute approximate surface area is 239 Å². The van der Waals surface area contributed by atoms with E-state index in [1.807, 2.05) is 111 Å². The molecule has 4 rings (SSSR count). The van der Waals surface area contributed by atoms with Crippen LogP contribution in [-0.4, -0.2) is 66.2 Å². The molecule has 0 aromatic heterocycles. The van der Waals surface area contributed by atoms with Crippen molar-refractivity contribution in [2.24, 2.45) is 0 Å². The van der Waals surface area contributed by atoms with Gasteiger partial charge in [-0.25, -0.2) is 0 Å². The maximum Gasteiger partial charge on any atom is 0.167 e. The number of allylic oxidation sites excluding steroid dienone is 2. The summed E-state index contributed by atoms with van der Waals surface area (Å²) in [5, 5.41) is 23.7. The summed E-state index contributed by atoms with van der Waals surface area (Å²) in [6.45, 7) is 8.52. The summed E-state index contributed by atoms with van der Waals surface area (Å²) < 4.78 is 0. The van der Waals surface area contributed by atoms with Gasteiger partial charge in [0.15, 0.2) is 5.78 Å². The molecule has 4 atom stereocenters. The van der Waals surface area contributed by atoms with Gasteiger partial charge in [-0.2, -0.15) is 0 Å². The lowest BCUT2D eigenvalue weighted by Crippen LogP contribution is -2.58. The van der Waals surface area contributed by atoms with Gasteiger partial charge >= 0.3 is 0 Å². The van der Waals surface area contributed by atoms with Gasteiger partial charge in [0.05, 0.1) is 12.2 Å². The average Bonchev–Trinajstić information content (AvgIpc) is 2.92. The van der Waals surface area contributed by atoms with E-state index in [1.165, 1.54) is 0 Å². The Bertz CT molecular complexity index is 1240. The summed E-state index contributed by atoms with van der Waals surface area (Å²) in [5.74, 6) is 0.387. The van der Waals surface area contributed by atoms with Crippen molar-refractivity contribution >= 4 is 5.78 Å². The fourth-order valence-electron chi connectivity index (χ4n) is 5.77. The second-order valence-corrected chi connectivity index (χ2v) is 12.1. The molecule has 4 unspecified atom stereocenters. The number of rotatable bonds is 8. The van der Waals surface area contributed by atoms with Crippen LogP contribution in [-0.2, 0) is 15.6 Å². The van der Waals surface area contributed by atoms with Crippen LogP contribution in [0.5, 0.6) is 0 Å². The van der Waals surface area contributed by atoms with Crippen LogP contribution in [0.3, 0.4) is 0 Å². The van der Waals surface area contributed by atoms with Crippen molar-refractivity contribution in [3.8, 4) is 0 Å². The van der Waals surface area contributed by atoms with Crippen molar-refractivity contribution in [3.63, 3.8) is 0 Å². The van der Waals surface area contributed by atoms with Gasteiger partial charge in [0, 0.05) is 39.6 Å². The minimum atomic E-state index is -1.42. The van der Waals surface area contributed by atoms with Crippen LogP contribution in [0.2, 0.25) is 0 Å². The van der Waals surface area contributed by atoms with Gasteiger partial charge in [-0.1, -0.05) is 88.4 Å². The summed E-state index contributed by atoms with van der Waals surface area (Å²) in [6, 6.07) is 15.9. The van der Waals surface area contributed by atoms with Crippen molar-refractivity contribution in [1.82, 2.24) is 9.80 Å². The molecule has 2 N–H and O–H groups in total. The fourth-order valence-corrected chi connectivity index (χ4v) is 5.77. The quantitative estimate of drug-likeness (QED) is 0.468. The number of Topliss-reactive ketones (excluding diaryl/α,β-unsaturated/α-hetero) is 1. The number of carbonyl (C=O) groups excluding carboxylic acids is 1. The van der Waals surface area contributed by atoms with Gasteiger partial charge in [0.2, 0.25) is 0 Å². The lowest BCUT2D eigenvalue weighted by molar-refractivity contribution is -0.132. The first kappa shape index (κ1) is 29.6. The van der Waals surface area contributed by atoms with Crippen LogP contribution in [0, 0.1) is 0 Å². The number of aliphatic hydroxyl groups is 2. The van der Waals surface area contributed by atoms with Crippen molar-refractivity contribution < 1.29 is 15.0 Å². The number of ketones is 1. The van der Waals surface area contributed by atoms with E-state index in [4.69, 9.17) is 0 Å². The Hall–Kier alpha value is -3.41. The van der Waals surface area contributed by atoms with E-state index in [0.29, 0.717) is 23.0 Å². The third kappa shape index (κ3) is 4.97. The Morgan fingerprint density at radius 2 is 0.975 bits per heavy atom. The van der Waals surface area contributed by atoms with Crippen LogP contribution in [0.1, 0.15) is 61.8 Å². The molecule has 5 heteroatoms. The Kier molecular flexibility index (Phi) is 8.30. The Balaban J connectivity index is 1.97. The second-order valence-electron chi connectivity index (χ2n) is 12.1. The molecule has 2 aliphatic carbocycles. The zero-order valence-corrected chi connectivity index (χ0v) is 25.1. The van der Waals surface area contributed by atoms with Crippen LogP contribution in [0.15, 0.2) is 96.4 Å². The minimum absolute atomic E-state index is 0.273. The number of carbonyl (C=O) groups is 1. The first-order valence-corrected chi connectivity index (χ1v) is 14.1. The highest BCUT2D eigenvalue weighted by Crippen LogP contribution is 2.47. The number of benzene rings is 2. The maximum atomic E-state index is 15.3. The second kappa shape index (κ2) is 11.2. The lowest BCUT2D eigenvalue weighted by atomic mass is 9.57. The molecule has 0 saturated carbocycles. The molecule has 5 nitrogen and oxygen atoms in total. The van der Waals surface area contributed by atoms with Gasteiger partial charge in [-0.05, 0) is 58.4 Å². The normalized spacial score (nSPS) is 26.1. The minimum Gasteiger partial charge on any atom is -0.387 e. The van der Waals surface area contributed by atoms with E-state index < -0.39 is 23.0 Å². The number of hydrogen-bond acceptors (Lipinski definition) is 5. The van der Waals surface area contributed by atoms with Crippen LogP contribution < -0.4 is 0 Å². The topological polar surface area (TPSA) is 64.0 Å². The largest absolute Gasteiger partial charge is 0.387 e. The summed E-state index contributed by atoms with van der Waals surface area (Å²) in [5.41, 5.74) is 2.50. The van der Waals surface area contributed by atoms with E-state index in [2.05, 4.69) is 27.7 Å². The van der Waals surface area contributed by atoms with Crippen LogP contribution in [0.4, 0.5) is 0 Å². The van der Waals surface area contributed by atoms with E-state index in [-0.39, 0.29) is 5.78 Å². The third-order valence-electron chi connectivity index (χ3n) is 8.52. The van der Waals surface area contributed by atoms with E-state index in [9.17, 15) is 10.2 Å². The van der Waals surface area contributed by atoms with Crippen molar-refractivity contribution in [1.29, 1.82) is 0 Å². The Morgan fingerprint density at radius 3 is 1.23 bits per heavy atom. The van der Waals surface area contributed by atoms with Gasteiger partial charge in [0.1, 0.15) is 10.8 Å². The summed E-state index contributed by atoms with van der Waals surface area (Å²) in [6.07, 6.45) is 8.66. The summed E-state index contributed by atoms with van der Waals surface area (Å²) >= 11 is 0. The highest BCUT2D eigenvalue weighted by atomic mass is 16.3. The van der Waals surface area contributed by atoms with Gasteiger partial charge < -0.3 is 20.0 Å². The van der Waals surface area contributed by atoms with Gasteiger partial charge in [0.25, 0.3) is 0 Å². The summed E-state index contributed by atoms with van der Waals surface area (Å²) in [7, 11) is 7.64. The predicted molar refractivity (Wildman–Crippen MR) is 163 cm³/mol. The molecule has 0 amide bonds. The van der Waals surface area contributed by atoms with E-state index >= 15 is 4.79 Å². The van der Waals surface area contributed by atoms with Gasteiger partial charge in [-0.3, -0.25) is 4.79 Å². The lowest BCUT2D eigenvalue weighted by Gasteiger charge is -2.46. The fraction of sp³-hybridized carbons (Fsp3) is 0.400. The molecule has 0 saturated heterocycles. The molecular formula is C35H44N2O3. The SMILES string of the molecule is CC(C)c1ccc(C2(C(=O)C3(c4ccc(C(C)C)cc4)C=CC(N(C)C)=CC3O)C=CC(N(C)C)=CC2O)cc1. The average molecular weight is 541 g/mol. The zero-order valence-electron chi connectivity index (χ0n) is 25.1. The Morgan fingerprint density at radius 1 is 0.650 bits per heavy atom. The molecule has 40 heavy (non-hydrogen) atoms. The molecule has 0 fully saturated rings. The molecule has 0 spiro atoms. The van der Waals surface area contributed by atoms with Crippen molar-refractivity contribution in [2.75, 3.05) is 28.2 Å². The number of aliphatic hydroxyl groups excluding tert-OH is 2.